The van der Waals surface area contributed by atoms with Crippen LogP contribution in [0.5, 0.6) is 0 Å². The first-order valence-electron chi connectivity index (χ1n) is 8.54. The second kappa shape index (κ2) is 4.95. The van der Waals surface area contributed by atoms with Crippen molar-refractivity contribution in [3.05, 3.63) is 0 Å². The lowest BCUT2D eigenvalue weighted by molar-refractivity contribution is -0.207. The third-order valence-corrected chi connectivity index (χ3v) is 6.45. The quantitative estimate of drug-likeness (QED) is 0.866. The Labute approximate surface area is 128 Å². The number of aliphatic hydroxyl groups excluding tert-OH is 1. The van der Waals surface area contributed by atoms with Crippen molar-refractivity contribution in [3.63, 3.8) is 0 Å². The third kappa shape index (κ3) is 1.91. The van der Waals surface area contributed by atoms with Crippen LogP contribution < -0.4 is 0 Å². The van der Waals surface area contributed by atoms with Crippen LogP contribution in [0.25, 0.3) is 0 Å². The van der Waals surface area contributed by atoms with Crippen molar-refractivity contribution < 1.29 is 9.90 Å². The lowest BCUT2D eigenvalue weighted by Gasteiger charge is -2.65. The first kappa shape index (κ1) is 15.3. The van der Waals surface area contributed by atoms with Crippen LogP contribution in [-0.2, 0) is 4.79 Å². The van der Waals surface area contributed by atoms with Gasteiger partial charge < -0.3 is 10.0 Å². The maximum atomic E-state index is 12.8. The number of rotatable bonds is 3. The van der Waals surface area contributed by atoms with Crippen LogP contribution in [0, 0.1) is 17.8 Å². The molecule has 0 aromatic heterocycles. The number of carbonyl (C=O) groups excluding carboxylic acids is 1. The molecule has 2 heterocycles. The molecule has 0 bridgehead atoms. The SMILES string of the molecule is CC1CCC2C(C)N3C(CC(O)C(C)C)C(=O)N(C)C23C1. The first-order chi connectivity index (χ1) is 9.80. The van der Waals surface area contributed by atoms with Crippen LogP contribution in [-0.4, -0.2) is 51.7 Å². The van der Waals surface area contributed by atoms with Gasteiger partial charge in [-0.3, -0.25) is 9.69 Å². The number of nitrogens with zero attached hydrogens (tertiary/aromatic N) is 2. The fraction of sp³-hybridized carbons (Fsp3) is 0.941. The van der Waals surface area contributed by atoms with E-state index in [0.29, 0.717) is 24.3 Å². The van der Waals surface area contributed by atoms with E-state index in [9.17, 15) is 9.90 Å². The molecule has 4 nitrogen and oxygen atoms in total. The smallest absolute Gasteiger partial charge is 0.241 e. The molecule has 1 spiro atoms. The van der Waals surface area contributed by atoms with Crippen LogP contribution in [0.2, 0.25) is 0 Å². The van der Waals surface area contributed by atoms with Crippen LogP contribution >= 0.6 is 0 Å². The third-order valence-electron chi connectivity index (χ3n) is 6.45. The van der Waals surface area contributed by atoms with E-state index in [1.807, 2.05) is 25.8 Å². The zero-order valence-corrected chi connectivity index (χ0v) is 14.0. The van der Waals surface area contributed by atoms with Gasteiger partial charge in [-0.05, 0) is 38.0 Å². The molecule has 0 aromatic rings. The summed E-state index contributed by atoms with van der Waals surface area (Å²) in [7, 11) is 1.98. The molecule has 3 aliphatic rings. The molecule has 3 fully saturated rings. The highest BCUT2D eigenvalue weighted by Gasteiger charge is 2.70. The minimum atomic E-state index is -0.394. The normalized spacial score (nSPS) is 44.5. The van der Waals surface area contributed by atoms with Gasteiger partial charge in [0.2, 0.25) is 5.91 Å². The summed E-state index contributed by atoms with van der Waals surface area (Å²) in [5, 5.41) is 10.3. The lowest BCUT2D eigenvalue weighted by Crippen LogP contribution is -2.76. The average molecular weight is 294 g/mol. The van der Waals surface area contributed by atoms with Crippen molar-refractivity contribution in [1.29, 1.82) is 0 Å². The highest BCUT2D eigenvalue weighted by molar-refractivity contribution is 5.86. The molecule has 120 valence electrons. The topological polar surface area (TPSA) is 43.8 Å². The molecule has 1 N–H and O–H groups in total. The Morgan fingerprint density at radius 1 is 1.33 bits per heavy atom. The maximum Gasteiger partial charge on any atom is 0.241 e. The molecule has 0 radical (unpaired) electrons. The van der Waals surface area contributed by atoms with E-state index in [1.54, 1.807) is 0 Å². The predicted molar refractivity (Wildman–Crippen MR) is 82.6 cm³/mol. The molecular formula is C17H30N2O2. The van der Waals surface area contributed by atoms with E-state index in [4.69, 9.17) is 0 Å². The Morgan fingerprint density at radius 2 is 2.00 bits per heavy atom. The Morgan fingerprint density at radius 3 is 2.62 bits per heavy atom. The van der Waals surface area contributed by atoms with Crippen molar-refractivity contribution >= 4 is 5.91 Å². The second-order valence-electron chi connectivity index (χ2n) is 7.98. The molecule has 1 amide bonds. The van der Waals surface area contributed by atoms with Gasteiger partial charge in [-0.15, -0.1) is 0 Å². The van der Waals surface area contributed by atoms with Crippen molar-refractivity contribution in [3.8, 4) is 0 Å². The molecule has 2 aliphatic heterocycles. The summed E-state index contributed by atoms with van der Waals surface area (Å²) in [6.45, 7) is 8.62. The van der Waals surface area contributed by atoms with E-state index in [2.05, 4.69) is 18.7 Å². The summed E-state index contributed by atoms with van der Waals surface area (Å²) in [5.74, 6) is 1.72. The van der Waals surface area contributed by atoms with E-state index >= 15 is 0 Å². The van der Waals surface area contributed by atoms with E-state index in [1.165, 1.54) is 12.8 Å². The highest BCUT2D eigenvalue weighted by Crippen LogP contribution is 2.58. The summed E-state index contributed by atoms with van der Waals surface area (Å²) in [4.78, 5) is 17.2. The number of carbonyl (C=O) groups is 1. The summed E-state index contributed by atoms with van der Waals surface area (Å²) in [6, 6.07) is 0.347. The summed E-state index contributed by atoms with van der Waals surface area (Å²) < 4.78 is 0. The average Bonchev–Trinajstić information content (AvgIpc) is 2.58. The lowest BCUT2D eigenvalue weighted by atomic mass is 9.63. The van der Waals surface area contributed by atoms with Gasteiger partial charge in [-0.2, -0.15) is 0 Å². The van der Waals surface area contributed by atoms with E-state index < -0.39 is 6.10 Å². The predicted octanol–water partition coefficient (Wildman–Crippen LogP) is 2.07. The van der Waals surface area contributed by atoms with Gasteiger partial charge >= 0.3 is 0 Å². The van der Waals surface area contributed by atoms with Gasteiger partial charge in [-0.25, -0.2) is 0 Å². The number of hydrogen-bond donors (Lipinski definition) is 1. The largest absolute Gasteiger partial charge is 0.393 e. The fourth-order valence-corrected chi connectivity index (χ4v) is 5.21. The maximum absolute atomic E-state index is 12.8. The van der Waals surface area contributed by atoms with Crippen molar-refractivity contribution in [2.24, 2.45) is 17.8 Å². The highest BCUT2D eigenvalue weighted by atomic mass is 16.3. The standard InChI is InChI=1S/C17H30N2O2/c1-10(2)15(20)8-14-16(21)18(5)17-9-11(3)6-7-13(17)12(4)19(14)17/h10-15,20H,6-9H2,1-5H3. The van der Waals surface area contributed by atoms with Gasteiger partial charge in [0.05, 0.1) is 12.1 Å². The molecule has 1 aliphatic carbocycles. The van der Waals surface area contributed by atoms with Crippen LogP contribution in [0.15, 0.2) is 0 Å². The number of hydrogen-bond acceptors (Lipinski definition) is 3. The molecule has 3 rings (SSSR count). The Balaban J connectivity index is 1.87. The number of aliphatic hydroxyl groups is 1. The monoisotopic (exact) mass is 294 g/mol. The first-order valence-corrected chi connectivity index (χ1v) is 8.54. The van der Waals surface area contributed by atoms with Crippen LogP contribution in [0.3, 0.4) is 0 Å². The molecule has 0 aromatic carbocycles. The fourth-order valence-electron chi connectivity index (χ4n) is 5.21. The number of likely N-dealkylation sites (N-methyl/N-ethyl adjacent to an activating group) is 1. The van der Waals surface area contributed by atoms with E-state index in [-0.39, 0.29) is 23.5 Å². The molecule has 21 heavy (non-hydrogen) atoms. The summed E-state index contributed by atoms with van der Waals surface area (Å²) in [5.41, 5.74) is -0.0461. The summed E-state index contributed by atoms with van der Waals surface area (Å²) >= 11 is 0. The molecule has 4 heteroatoms. The van der Waals surface area contributed by atoms with Crippen molar-refractivity contribution in [1.82, 2.24) is 9.80 Å². The molecule has 2 saturated heterocycles. The van der Waals surface area contributed by atoms with Gasteiger partial charge in [0.1, 0.15) is 5.66 Å². The zero-order valence-electron chi connectivity index (χ0n) is 14.0. The Bertz CT molecular complexity index is 439. The molecule has 6 unspecified atom stereocenters. The van der Waals surface area contributed by atoms with Gasteiger partial charge in [-0.1, -0.05) is 27.2 Å². The van der Waals surface area contributed by atoms with Crippen LogP contribution in [0.4, 0.5) is 0 Å². The van der Waals surface area contributed by atoms with Gasteiger partial charge in [0, 0.05) is 19.0 Å². The van der Waals surface area contributed by atoms with Gasteiger partial charge in [0.25, 0.3) is 0 Å². The molecule has 6 atom stereocenters. The van der Waals surface area contributed by atoms with Crippen molar-refractivity contribution in [2.75, 3.05) is 7.05 Å². The van der Waals surface area contributed by atoms with Gasteiger partial charge in [0.15, 0.2) is 0 Å². The molecular weight excluding hydrogens is 264 g/mol. The van der Waals surface area contributed by atoms with Crippen molar-refractivity contribution in [2.45, 2.75) is 77.2 Å². The number of amides is 1. The minimum absolute atomic E-state index is 0.0461. The minimum Gasteiger partial charge on any atom is -0.393 e. The Kier molecular flexibility index (Phi) is 3.61. The second-order valence-corrected chi connectivity index (χ2v) is 7.98. The zero-order chi connectivity index (χ0) is 15.5. The molecule has 1 saturated carbocycles. The Hall–Kier alpha value is -0.610. The summed E-state index contributed by atoms with van der Waals surface area (Å²) in [6.07, 6.45) is 3.80. The van der Waals surface area contributed by atoms with E-state index in [0.717, 1.165) is 6.42 Å². The van der Waals surface area contributed by atoms with Crippen LogP contribution in [0.1, 0.15) is 53.4 Å².